The van der Waals surface area contributed by atoms with E-state index in [4.69, 9.17) is 4.74 Å². The molecule has 0 heterocycles. The van der Waals surface area contributed by atoms with E-state index in [0.29, 0.717) is 5.92 Å². The first-order valence-corrected chi connectivity index (χ1v) is 8.17. The van der Waals surface area contributed by atoms with Crippen LogP contribution < -0.4 is 0 Å². The molecule has 0 N–H and O–H groups in total. The van der Waals surface area contributed by atoms with Crippen molar-refractivity contribution in [2.75, 3.05) is 13.2 Å². The first kappa shape index (κ1) is 17.0. The van der Waals surface area contributed by atoms with Crippen LogP contribution in [0.2, 0.25) is 0 Å². The fourth-order valence-electron chi connectivity index (χ4n) is 2.33. The highest BCUT2D eigenvalue weighted by molar-refractivity contribution is 5.48. The summed E-state index contributed by atoms with van der Waals surface area (Å²) in [5.74, 6) is 0.553. The highest BCUT2D eigenvalue weighted by atomic mass is 16.5. The third-order valence-electron chi connectivity index (χ3n) is 3.57. The van der Waals surface area contributed by atoms with E-state index in [1.54, 1.807) is 0 Å². The zero-order valence-electron chi connectivity index (χ0n) is 13.2. The van der Waals surface area contributed by atoms with Crippen LogP contribution in [0.3, 0.4) is 0 Å². The summed E-state index contributed by atoms with van der Waals surface area (Å²) in [7, 11) is 0. The number of rotatable bonds is 11. The van der Waals surface area contributed by atoms with Crippen LogP contribution in [0.25, 0.3) is 6.08 Å². The molecule has 1 nitrogen and oxygen atoms in total. The molecule has 1 rings (SSSR count). The van der Waals surface area contributed by atoms with Gasteiger partial charge in [-0.15, -0.1) is 0 Å². The Labute approximate surface area is 125 Å². The maximum Gasteiger partial charge on any atom is 0.0528 e. The summed E-state index contributed by atoms with van der Waals surface area (Å²) >= 11 is 0. The van der Waals surface area contributed by atoms with Gasteiger partial charge in [0.15, 0.2) is 0 Å². The molecule has 0 aliphatic carbocycles. The van der Waals surface area contributed by atoms with Crippen molar-refractivity contribution in [3.05, 3.63) is 42.0 Å². The molecule has 0 saturated heterocycles. The third kappa shape index (κ3) is 8.16. The Morgan fingerprint density at radius 2 is 1.75 bits per heavy atom. The lowest BCUT2D eigenvalue weighted by Crippen LogP contribution is -2.07. The Morgan fingerprint density at radius 1 is 1.00 bits per heavy atom. The van der Waals surface area contributed by atoms with E-state index in [9.17, 15) is 0 Å². The maximum atomic E-state index is 5.61. The largest absolute Gasteiger partial charge is 0.381 e. The molecule has 0 aromatic heterocycles. The summed E-state index contributed by atoms with van der Waals surface area (Å²) in [5, 5.41) is 0. The maximum absolute atomic E-state index is 5.61. The summed E-state index contributed by atoms with van der Waals surface area (Å²) in [4.78, 5) is 0. The Hall–Kier alpha value is -1.08. The SMILES string of the molecule is CCCCCCCC(C=Cc1ccccc1)COCC. The van der Waals surface area contributed by atoms with E-state index < -0.39 is 0 Å². The second-order valence-corrected chi connectivity index (χ2v) is 5.39. The van der Waals surface area contributed by atoms with E-state index in [1.807, 2.05) is 0 Å². The third-order valence-corrected chi connectivity index (χ3v) is 3.57. The van der Waals surface area contributed by atoms with Crippen LogP contribution in [0.1, 0.15) is 57.9 Å². The molecule has 1 aromatic carbocycles. The van der Waals surface area contributed by atoms with Crippen LogP contribution in [-0.2, 0) is 4.74 Å². The second kappa shape index (κ2) is 11.7. The van der Waals surface area contributed by atoms with Crippen molar-refractivity contribution in [1.29, 1.82) is 0 Å². The van der Waals surface area contributed by atoms with E-state index >= 15 is 0 Å². The van der Waals surface area contributed by atoms with Gasteiger partial charge in [0.05, 0.1) is 6.61 Å². The van der Waals surface area contributed by atoms with Crippen LogP contribution in [0.5, 0.6) is 0 Å². The van der Waals surface area contributed by atoms with Crippen LogP contribution in [0.15, 0.2) is 36.4 Å². The van der Waals surface area contributed by atoms with Crippen molar-refractivity contribution in [1.82, 2.24) is 0 Å². The number of ether oxygens (including phenoxy) is 1. The Balaban J connectivity index is 2.36. The molecule has 1 aromatic rings. The highest BCUT2D eigenvalue weighted by Crippen LogP contribution is 2.15. The number of hydrogen-bond donors (Lipinski definition) is 0. The number of benzene rings is 1. The molecule has 0 aliphatic heterocycles. The molecule has 0 spiro atoms. The minimum Gasteiger partial charge on any atom is -0.381 e. The molecule has 0 fully saturated rings. The van der Waals surface area contributed by atoms with Crippen molar-refractivity contribution in [2.24, 2.45) is 5.92 Å². The van der Waals surface area contributed by atoms with Crippen LogP contribution in [0, 0.1) is 5.92 Å². The molecular formula is C19H30O. The summed E-state index contributed by atoms with van der Waals surface area (Å²) in [6, 6.07) is 10.5. The van der Waals surface area contributed by atoms with Crippen molar-refractivity contribution >= 4 is 6.08 Å². The van der Waals surface area contributed by atoms with E-state index in [0.717, 1.165) is 13.2 Å². The predicted octanol–water partition coefficient (Wildman–Crippen LogP) is 5.71. The van der Waals surface area contributed by atoms with Gasteiger partial charge in [-0.2, -0.15) is 0 Å². The Kier molecular flexibility index (Phi) is 9.95. The summed E-state index contributed by atoms with van der Waals surface area (Å²) in [6.07, 6.45) is 12.5. The van der Waals surface area contributed by atoms with E-state index in [-0.39, 0.29) is 0 Å². The van der Waals surface area contributed by atoms with Crippen LogP contribution in [-0.4, -0.2) is 13.2 Å². The second-order valence-electron chi connectivity index (χ2n) is 5.39. The van der Waals surface area contributed by atoms with Crippen molar-refractivity contribution < 1.29 is 4.74 Å². The fraction of sp³-hybridized carbons (Fsp3) is 0.579. The molecule has 0 bridgehead atoms. The summed E-state index contributed by atoms with van der Waals surface area (Å²) in [5.41, 5.74) is 1.28. The van der Waals surface area contributed by atoms with Gasteiger partial charge in [0.1, 0.15) is 0 Å². The number of hydrogen-bond acceptors (Lipinski definition) is 1. The van der Waals surface area contributed by atoms with Gasteiger partial charge in [-0.25, -0.2) is 0 Å². The minimum absolute atomic E-state index is 0.553. The monoisotopic (exact) mass is 274 g/mol. The molecule has 112 valence electrons. The lowest BCUT2D eigenvalue weighted by atomic mass is 9.99. The van der Waals surface area contributed by atoms with Crippen molar-refractivity contribution in [3.8, 4) is 0 Å². The fourth-order valence-corrected chi connectivity index (χ4v) is 2.33. The lowest BCUT2D eigenvalue weighted by Gasteiger charge is -2.12. The average molecular weight is 274 g/mol. The smallest absolute Gasteiger partial charge is 0.0528 e. The zero-order chi connectivity index (χ0) is 14.5. The van der Waals surface area contributed by atoms with Gasteiger partial charge < -0.3 is 4.74 Å². The van der Waals surface area contributed by atoms with E-state index in [2.05, 4.69) is 56.3 Å². The average Bonchev–Trinajstić information content (AvgIpc) is 2.50. The summed E-state index contributed by atoms with van der Waals surface area (Å²) < 4.78 is 5.61. The van der Waals surface area contributed by atoms with Crippen molar-refractivity contribution in [2.45, 2.75) is 52.4 Å². The van der Waals surface area contributed by atoms with Gasteiger partial charge in [0.25, 0.3) is 0 Å². The van der Waals surface area contributed by atoms with Crippen LogP contribution >= 0.6 is 0 Å². The Morgan fingerprint density at radius 3 is 2.45 bits per heavy atom. The first-order valence-electron chi connectivity index (χ1n) is 8.17. The first-order chi connectivity index (χ1) is 9.86. The normalized spacial score (nSPS) is 12.9. The zero-order valence-corrected chi connectivity index (χ0v) is 13.2. The topological polar surface area (TPSA) is 9.23 Å². The predicted molar refractivity (Wildman–Crippen MR) is 88.8 cm³/mol. The lowest BCUT2D eigenvalue weighted by molar-refractivity contribution is 0.121. The standard InChI is InChI=1S/C19H30O/c1-3-5-6-7-9-14-19(17-20-4-2)16-15-18-12-10-8-11-13-18/h8,10-13,15-16,19H,3-7,9,14,17H2,1-2H3. The van der Waals surface area contributed by atoms with Gasteiger partial charge in [-0.05, 0) is 18.9 Å². The van der Waals surface area contributed by atoms with E-state index in [1.165, 1.54) is 44.1 Å². The molecule has 20 heavy (non-hydrogen) atoms. The molecule has 1 heteroatoms. The minimum atomic E-state index is 0.553. The molecular weight excluding hydrogens is 244 g/mol. The van der Waals surface area contributed by atoms with Gasteiger partial charge in [0.2, 0.25) is 0 Å². The molecule has 0 saturated carbocycles. The molecule has 0 aliphatic rings. The van der Waals surface area contributed by atoms with Crippen LogP contribution in [0.4, 0.5) is 0 Å². The van der Waals surface area contributed by atoms with Crippen molar-refractivity contribution in [3.63, 3.8) is 0 Å². The van der Waals surface area contributed by atoms with Gasteiger partial charge in [-0.1, -0.05) is 81.5 Å². The number of unbranched alkanes of at least 4 members (excludes halogenated alkanes) is 4. The van der Waals surface area contributed by atoms with Gasteiger partial charge >= 0.3 is 0 Å². The summed E-state index contributed by atoms with van der Waals surface area (Å²) in [6.45, 7) is 6.00. The quantitative estimate of drug-likeness (QED) is 0.469. The molecule has 0 radical (unpaired) electrons. The molecule has 1 atom stereocenters. The Bertz CT molecular complexity index is 342. The van der Waals surface area contributed by atoms with Gasteiger partial charge in [-0.3, -0.25) is 0 Å². The van der Waals surface area contributed by atoms with Gasteiger partial charge in [0, 0.05) is 12.5 Å². The highest BCUT2D eigenvalue weighted by Gasteiger charge is 2.04. The molecule has 0 amide bonds. The molecule has 1 unspecified atom stereocenters.